The van der Waals surface area contributed by atoms with Crippen LogP contribution >= 0.6 is 0 Å². The van der Waals surface area contributed by atoms with Gasteiger partial charge in [-0.05, 0) is 53.9 Å². The molecule has 4 nitrogen and oxygen atoms in total. The number of hydrogen-bond acceptors (Lipinski definition) is 4. The highest BCUT2D eigenvalue weighted by Crippen LogP contribution is 1.82. The first-order valence-corrected chi connectivity index (χ1v) is 7.27. The summed E-state index contributed by atoms with van der Waals surface area (Å²) in [5.41, 5.74) is 0. The summed E-state index contributed by atoms with van der Waals surface area (Å²) in [6, 6.07) is 0. The second-order valence-corrected chi connectivity index (χ2v) is 4.87. The van der Waals surface area contributed by atoms with Gasteiger partial charge in [-0.2, -0.15) is 0 Å². The molecule has 0 saturated heterocycles. The maximum atomic E-state index is 8.36. The van der Waals surface area contributed by atoms with E-state index in [1.54, 1.807) is 34.6 Å². The summed E-state index contributed by atoms with van der Waals surface area (Å²) in [7, 11) is 0. The fraction of sp³-hybridized carbons (Fsp3) is 1.00. The van der Waals surface area contributed by atoms with Crippen LogP contribution in [0.2, 0.25) is 0 Å². The third kappa shape index (κ3) is 137. The molecule has 0 heterocycles. The molecule has 0 aliphatic carbocycles. The van der Waals surface area contributed by atoms with Crippen molar-refractivity contribution in [2.24, 2.45) is 0 Å². The van der Waals surface area contributed by atoms with Gasteiger partial charge in [-0.15, -0.1) is 0 Å². The van der Waals surface area contributed by atoms with Gasteiger partial charge >= 0.3 is 0 Å². The van der Waals surface area contributed by atoms with Crippen molar-refractivity contribution in [1.82, 2.24) is 0 Å². The zero-order chi connectivity index (χ0) is 16.4. The molecular formula is C15H41AlO4. The molecule has 0 aliphatic heterocycles. The third-order valence-corrected chi connectivity index (χ3v) is 1.77. The smallest absolute Gasteiger partial charge is 0.187 e. The van der Waals surface area contributed by atoms with Crippen LogP contribution in [0.1, 0.15) is 74.7 Å². The van der Waals surface area contributed by atoms with Crippen molar-refractivity contribution in [3.05, 3.63) is 0 Å². The van der Waals surface area contributed by atoms with Crippen LogP contribution in [-0.4, -0.2) is 62.2 Å². The van der Waals surface area contributed by atoms with Crippen molar-refractivity contribution in [3.63, 3.8) is 0 Å². The molecule has 0 aromatic rings. The van der Waals surface area contributed by atoms with Crippen LogP contribution < -0.4 is 0 Å². The van der Waals surface area contributed by atoms with Crippen molar-refractivity contribution in [1.29, 1.82) is 0 Å². The van der Waals surface area contributed by atoms with Crippen molar-refractivity contribution < 1.29 is 20.4 Å². The van der Waals surface area contributed by atoms with Crippen LogP contribution in [0, 0.1) is 0 Å². The van der Waals surface area contributed by atoms with E-state index < -0.39 is 0 Å². The summed E-state index contributed by atoms with van der Waals surface area (Å²) < 4.78 is 0. The van der Waals surface area contributed by atoms with Gasteiger partial charge in [0.05, 0.1) is 18.3 Å². The van der Waals surface area contributed by atoms with E-state index in [0.29, 0.717) is 0 Å². The highest BCUT2D eigenvalue weighted by Gasteiger charge is 1.82. The van der Waals surface area contributed by atoms with Gasteiger partial charge in [0.25, 0.3) is 0 Å². The second-order valence-electron chi connectivity index (χ2n) is 4.87. The molecule has 128 valence electrons. The quantitative estimate of drug-likeness (QED) is 0.596. The van der Waals surface area contributed by atoms with E-state index >= 15 is 0 Å². The Morgan fingerprint density at radius 1 is 0.550 bits per heavy atom. The van der Waals surface area contributed by atoms with Gasteiger partial charge in [0, 0.05) is 6.10 Å². The van der Waals surface area contributed by atoms with Gasteiger partial charge in [0.2, 0.25) is 0 Å². The summed E-state index contributed by atoms with van der Waals surface area (Å²) in [5.74, 6) is 0. The van der Waals surface area contributed by atoms with E-state index in [1.165, 1.54) is 0 Å². The molecule has 0 radical (unpaired) electrons. The maximum absolute atomic E-state index is 8.36. The molecule has 0 aromatic heterocycles. The predicted octanol–water partition coefficient (Wildman–Crippen LogP) is 1.53. The van der Waals surface area contributed by atoms with Crippen molar-refractivity contribution >= 4 is 17.4 Å². The number of hydrogen-bond donors (Lipinski definition) is 4. The normalized spacial score (nSPS) is 13.1. The lowest BCUT2D eigenvalue weighted by atomic mass is 10.3. The number of rotatable bonds is 3. The fourth-order valence-corrected chi connectivity index (χ4v) is 0. The minimum atomic E-state index is -0.167. The van der Waals surface area contributed by atoms with Crippen LogP contribution in [0.3, 0.4) is 0 Å². The summed E-state index contributed by atoms with van der Waals surface area (Å²) in [6.07, 6.45) is 2.07. The summed E-state index contributed by atoms with van der Waals surface area (Å²) >= 11 is 0. The first-order valence-electron chi connectivity index (χ1n) is 7.27. The summed E-state index contributed by atoms with van der Waals surface area (Å²) in [4.78, 5) is 0. The first kappa shape index (κ1) is 32.4. The molecule has 4 N–H and O–H groups in total. The third-order valence-electron chi connectivity index (χ3n) is 1.77. The Morgan fingerprint density at radius 3 is 0.600 bits per heavy atom. The monoisotopic (exact) mass is 312 g/mol. The van der Waals surface area contributed by atoms with Crippen LogP contribution in [0.15, 0.2) is 0 Å². The van der Waals surface area contributed by atoms with E-state index in [-0.39, 0.29) is 41.8 Å². The highest BCUT2D eigenvalue weighted by molar-refractivity contribution is 5.75. The average Bonchev–Trinajstić information content (AvgIpc) is 2.29. The second kappa shape index (κ2) is 27.7. The van der Waals surface area contributed by atoms with Gasteiger partial charge in [-0.1, -0.05) is 20.8 Å². The molecule has 0 bridgehead atoms. The van der Waals surface area contributed by atoms with Gasteiger partial charge in [0.1, 0.15) is 0 Å². The van der Waals surface area contributed by atoms with E-state index in [2.05, 4.69) is 0 Å². The Balaban J connectivity index is -0.0000000494. The van der Waals surface area contributed by atoms with Gasteiger partial charge in [-0.3, -0.25) is 0 Å². The molecule has 0 saturated carbocycles. The van der Waals surface area contributed by atoms with E-state index in [4.69, 9.17) is 20.4 Å². The van der Waals surface area contributed by atoms with Crippen molar-refractivity contribution in [3.8, 4) is 0 Å². The molecule has 0 aromatic carbocycles. The SMILES string of the molecule is CC(C)O.CCC(C)O.CCC(C)O.CCC(C)O.[AlH3]. The molecule has 0 aliphatic rings. The van der Waals surface area contributed by atoms with Crippen molar-refractivity contribution in [2.45, 2.75) is 99.1 Å². The molecular weight excluding hydrogens is 271 g/mol. The van der Waals surface area contributed by atoms with Gasteiger partial charge < -0.3 is 20.4 Å². The van der Waals surface area contributed by atoms with E-state index in [1.807, 2.05) is 20.8 Å². The molecule has 5 heteroatoms. The number of aliphatic hydroxyl groups excluding tert-OH is 4. The van der Waals surface area contributed by atoms with Crippen LogP contribution in [0.5, 0.6) is 0 Å². The Labute approximate surface area is 137 Å². The average molecular weight is 312 g/mol. The largest absolute Gasteiger partial charge is 0.394 e. The van der Waals surface area contributed by atoms with Crippen LogP contribution in [0.25, 0.3) is 0 Å². The molecule has 0 fully saturated rings. The minimum absolute atomic E-state index is 0. The molecule has 3 unspecified atom stereocenters. The van der Waals surface area contributed by atoms with Crippen LogP contribution in [0.4, 0.5) is 0 Å². The Kier molecular flexibility index (Phi) is 44.8. The lowest BCUT2D eigenvalue weighted by Crippen LogP contribution is -1.93. The van der Waals surface area contributed by atoms with E-state index in [9.17, 15) is 0 Å². The first-order chi connectivity index (χ1) is 8.54. The Bertz CT molecular complexity index is 107. The predicted molar refractivity (Wildman–Crippen MR) is 93.2 cm³/mol. The molecule has 20 heavy (non-hydrogen) atoms. The van der Waals surface area contributed by atoms with Gasteiger partial charge in [-0.25, -0.2) is 0 Å². The molecule has 0 rings (SSSR count). The van der Waals surface area contributed by atoms with Gasteiger partial charge in [0.15, 0.2) is 17.4 Å². The molecule has 0 spiro atoms. The Morgan fingerprint density at radius 2 is 0.600 bits per heavy atom. The summed E-state index contributed by atoms with van der Waals surface area (Å²) in [5, 5.41) is 33.1. The molecule has 3 atom stereocenters. The van der Waals surface area contributed by atoms with E-state index in [0.717, 1.165) is 19.3 Å². The highest BCUT2D eigenvalue weighted by atomic mass is 27.0. The number of aliphatic hydroxyl groups is 4. The minimum Gasteiger partial charge on any atom is -0.394 e. The Hall–Kier alpha value is 0.372. The maximum Gasteiger partial charge on any atom is 0.187 e. The topological polar surface area (TPSA) is 80.9 Å². The van der Waals surface area contributed by atoms with Crippen molar-refractivity contribution in [2.75, 3.05) is 0 Å². The van der Waals surface area contributed by atoms with Crippen LogP contribution in [-0.2, 0) is 0 Å². The summed E-state index contributed by atoms with van der Waals surface area (Å²) in [6.45, 7) is 14.6. The molecule has 0 amide bonds. The standard InChI is InChI=1S/3C4H10O.C3H8O.Al.3H/c3*1-3-4(2)5;1-3(2)4;;;;/h3*4-5H,3H2,1-2H3;3-4H,1-2H3;;;;. The zero-order valence-corrected chi connectivity index (χ0v) is 14.2. The fourth-order valence-electron chi connectivity index (χ4n) is 0. The lowest BCUT2D eigenvalue weighted by Gasteiger charge is -1.90. The zero-order valence-electron chi connectivity index (χ0n) is 14.2. The lowest BCUT2D eigenvalue weighted by molar-refractivity contribution is 0.190.